The van der Waals surface area contributed by atoms with E-state index in [1.54, 1.807) is 6.07 Å². The van der Waals surface area contributed by atoms with Gasteiger partial charge in [-0.05, 0) is 44.0 Å². The largest absolute Gasteiger partial charge is 0.486 e. The third-order valence-corrected chi connectivity index (χ3v) is 7.47. The van der Waals surface area contributed by atoms with E-state index >= 15 is 0 Å². The van der Waals surface area contributed by atoms with Crippen LogP contribution in [0.15, 0.2) is 56.8 Å². The molecule has 3 aromatic rings. The molecule has 0 N–H and O–H groups in total. The van der Waals surface area contributed by atoms with Crippen LogP contribution in [-0.2, 0) is 9.84 Å². The summed E-state index contributed by atoms with van der Waals surface area (Å²) < 4.78 is 44.8. The summed E-state index contributed by atoms with van der Waals surface area (Å²) in [5.74, 6) is 1.60. The lowest BCUT2D eigenvalue weighted by Crippen LogP contribution is -2.25. The number of fused-ring (bicyclic) bond motifs is 1. The van der Waals surface area contributed by atoms with Crippen LogP contribution in [-0.4, -0.2) is 39.7 Å². The predicted molar refractivity (Wildman–Crippen MR) is 120 cm³/mol. The van der Waals surface area contributed by atoms with Gasteiger partial charge in [-0.1, -0.05) is 30.5 Å². The highest BCUT2D eigenvalue weighted by Crippen LogP contribution is 2.38. The number of ether oxygens (including phenoxy) is 2. The Kier molecular flexibility index (Phi) is 5.55. The molecule has 8 heteroatoms. The monoisotopic (exact) mass is 454 g/mol. The molecule has 32 heavy (non-hydrogen) atoms. The van der Waals surface area contributed by atoms with Crippen LogP contribution in [0, 0.1) is 6.92 Å². The number of hydrogen-bond donors (Lipinski definition) is 0. The first-order chi connectivity index (χ1) is 15.5. The zero-order valence-electron chi connectivity index (χ0n) is 18.0. The molecule has 1 saturated heterocycles. The van der Waals surface area contributed by atoms with Crippen molar-refractivity contribution in [1.82, 2.24) is 4.98 Å². The summed E-state index contributed by atoms with van der Waals surface area (Å²) in [6.07, 6.45) is 4.23. The molecule has 0 amide bonds. The Balaban J connectivity index is 1.62. The van der Waals surface area contributed by atoms with E-state index < -0.39 is 9.84 Å². The van der Waals surface area contributed by atoms with Gasteiger partial charge in [-0.15, -0.1) is 0 Å². The van der Waals surface area contributed by atoms with Crippen molar-refractivity contribution in [3.8, 4) is 23.0 Å². The van der Waals surface area contributed by atoms with Crippen molar-refractivity contribution in [2.45, 2.75) is 42.5 Å². The van der Waals surface area contributed by atoms with Crippen molar-refractivity contribution >= 4 is 15.7 Å². The summed E-state index contributed by atoms with van der Waals surface area (Å²) in [6.45, 7) is 4.30. The van der Waals surface area contributed by atoms with Crippen LogP contribution >= 0.6 is 0 Å². The van der Waals surface area contributed by atoms with Crippen molar-refractivity contribution in [2.75, 3.05) is 31.2 Å². The van der Waals surface area contributed by atoms with Crippen LogP contribution in [0.5, 0.6) is 11.5 Å². The van der Waals surface area contributed by atoms with Gasteiger partial charge < -0.3 is 18.8 Å². The van der Waals surface area contributed by atoms with Gasteiger partial charge in [0.05, 0.1) is 4.90 Å². The smallest absolute Gasteiger partial charge is 0.236 e. The molecule has 0 aliphatic carbocycles. The Morgan fingerprint density at radius 1 is 0.906 bits per heavy atom. The number of rotatable bonds is 4. The number of benzene rings is 2. The highest BCUT2D eigenvalue weighted by atomic mass is 32.2. The van der Waals surface area contributed by atoms with Crippen molar-refractivity contribution in [3.63, 3.8) is 0 Å². The fourth-order valence-electron chi connectivity index (χ4n) is 4.15. The second kappa shape index (κ2) is 8.50. The van der Waals surface area contributed by atoms with E-state index in [9.17, 15) is 8.42 Å². The fourth-order valence-corrected chi connectivity index (χ4v) is 5.49. The van der Waals surface area contributed by atoms with E-state index in [4.69, 9.17) is 13.9 Å². The first-order valence-electron chi connectivity index (χ1n) is 11.0. The third kappa shape index (κ3) is 3.95. The molecular formula is C24H26N2O5S. The number of anilines is 1. The van der Waals surface area contributed by atoms with Crippen LogP contribution in [0.1, 0.15) is 31.2 Å². The van der Waals surface area contributed by atoms with E-state index in [1.165, 1.54) is 12.1 Å². The summed E-state index contributed by atoms with van der Waals surface area (Å²) in [5, 5.41) is -0.0485. The molecule has 7 nitrogen and oxygen atoms in total. The lowest BCUT2D eigenvalue weighted by atomic mass is 10.1. The highest BCUT2D eigenvalue weighted by Gasteiger charge is 2.32. The van der Waals surface area contributed by atoms with Gasteiger partial charge in [-0.2, -0.15) is 4.98 Å². The molecule has 3 heterocycles. The van der Waals surface area contributed by atoms with Crippen LogP contribution in [0.4, 0.5) is 5.88 Å². The normalized spacial score (nSPS) is 16.6. The average molecular weight is 455 g/mol. The second-order valence-electron chi connectivity index (χ2n) is 8.21. The van der Waals surface area contributed by atoms with E-state index in [-0.39, 0.29) is 9.92 Å². The minimum atomic E-state index is -3.94. The molecule has 2 aliphatic rings. The zero-order valence-corrected chi connectivity index (χ0v) is 18.9. The molecule has 0 bridgehead atoms. The molecule has 1 aromatic heterocycles. The SMILES string of the molecule is Cc1cccc(-c2nc(S(=O)(=O)c3ccc4c(c3)OCCO4)c(N3CCCCCC3)o2)c1. The highest BCUT2D eigenvalue weighted by molar-refractivity contribution is 7.91. The molecule has 2 aromatic carbocycles. The molecule has 0 spiro atoms. The van der Waals surface area contributed by atoms with Crippen LogP contribution in [0.25, 0.3) is 11.5 Å². The quantitative estimate of drug-likeness (QED) is 0.568. The summed E-state index contributed by atoms with van der Waals surface area (Å²) in [4.78, 5) is 6.65. The minimum absolute atomic E-state index is 0.0485. The maximum absolute atomic E-state index is 13.7. The van der Waals surface area contributed by atoms with Gasteiger partial charge in [0.1, 0.15) is 13.2 Å². The number of hydrogen-bond acceptors (Lipinski definition) is 7. The van der Waals surface area contributed by atoms with E-state index in [2.05, 4.69) is 4.98 Å². The summed E-state index contributed by atoms with van der Waals surface area (Å²) in [5.41, 5.74) is 1.80. The van der Waals surface area contributed by atoms with Crippen molar-refractivity contribution < 1.29 is 22.3 Å². The molecule has 0 saturated carbocycles. The Labute approximate surface area is 187 Å². The van der Waals surface area contributed by atoms with Crippen LogP contribution in [0.2, 0.25) is 0 Å². The summed E-state index contributed by atoms with van der Waals surface area (Å²) in [7, 11) is -3.94. The maximum Gasteiger partial charge on any atom is 0.236 e. The predicted octanol–water partition coefficient (Wildman–Crippen LogP) is 4.63. The average Bonchev–Trinajstić information content (AvgIpc) is 3.09. The van der Waals surface area contributed by atoms with E-state index in [0.717, 1.165) is 49.9 Å². The molecule has 2 aliphatic heterocycles. The Morgan fingerprint density at radius 2 is 1.66 bits per heavy atom. The first kappa shape index (κ1) is 20.9. The molecule has 0 atom stereocenters. The fraction of sp³-hybridized carbons (Fsp3) is 0.375. The Hall–Kier alpha value is -3.00. The number of oxazole rings is 1. The maximum atomic E-state index is 13.7. The molecule has 5 rings (SSSR count). The second-order valence-corrected chi connectivity index (χ2v) is 10.1. The van der Waals surface area contributed by atoms with E-state index in [0.29, 0.717) is 36.5 Å². The topological polar surface area (TPSA) is 81.9 Å². The number of aryl methyl sites for hydroxylation is 1. The van der Waals surface area contributed by atoms with Gasteiger partial charge in [-0.25, -0.2) is 8.42 Å². The van der Waals surface area contributed by atoms with Gasteiger partial charge in [0, 0.05) is 24.7 Å². The molecular weight excluding hydrogens is 428 g/mol. The van der Waals surface area contributed by atoms with Crippen molar-refractivity contribution in [3.05, 3.63) is 48.0 Å². The van der Waals surface area contributed by atoms with Crippen molar-refractivity contribution in [2.24, 2.45) is 0 Å². The van der Waals surface area contributed by atoms with Crippen LogP contribution < -0.4 is 14.4 Å². The number of nitrogens with zero attached hydrogens (tertiary/aromatic N) is 2. The summed E-state index contributed by atoms with van der Waals surface area (Å²) in [6, 6.07) is 12.4. The Bertz CT molecular complexity index is 1230. The molecule has 0 unspecified atom stereocenters. The standard InChI is InChI=1S/C24H26N2O5S/c1-17-7-6-8-18(15-17)22-25-23(24(31-22)26-11-4-2-3-5-12-26)32(27,28)19-9-10-20-21(16-19)30-14-13-29-20/h6-10,15-16H,2-5,11-14H2,1H3. The lowest BCUT2D eigenvalue weighted by Gasteiger charge is -2.21. The minimum Gasteiger partial charge on any atom is -0.486 e. The number of sulfone groups is 1. The molecule has 168 valence electrons. The van der Waals surface area contributed by atoms with Gasteiger partial charge in [0.2, 0.25) is 26.6 Å². The van der Waals surface area contributed by atoms with Gasteiger partial charge in [-0.3, -0.25) is 0 Å². The molecule has 0 radical (unpaired) electrons. The number of aromatic nitrogens is 1. The lowest BCUT2D eigenvalue weighted by molar-refractivity contribution is 0.171. The first-order valence-corrected chi connectivity index (χ1v) is 12.5. The van der Waals surface area contributed by atoms with Gasteiger partial charge in [0.15, 0.2) is 11.5 Å². The molecule has 1 fully saturated rings. The van der Waals surface area contributed by atoms with E-state index in [1.807, 2.05) is 36.1 Å². The van der Waals surface area contributed by atoms with Gasteiger partial charge in [0.25, 0.3) is 0 Å². The van der Waals surface area contributed by atoms with Gasteiger partial charge >= 0.3 is 0 Å². The van der Waals surface area contributed by atoms with Crippen molar-refractivity contribution in [1.29, 1.82) is 0 Å². The third-order valence-electron chi connectivity index (χ3n) is 5.82. The zero-order chi connectivity index (χ0) is 22.1. The summed E-state index contributed by atoms with van der Waals surface area (Å²) >= 11 is 0. The van der Waals surface area contributed by atoms with Crippen LogP contribution in [0.3, 0.4) is 0 Å². The Morgan fingerprint density at radius 3 is 2.41 bits per heavy atom.